The second-order valence-electron chi connectivity index (χ2n) is 3.06. The number of aromatic nitrogens is 1. The van der Waals surface area contributed by atoms with Gasteiger partial charge in [-0.2, -0.15) is 0 Å². The average Bonchev–Trinajstić information content (AvgIpc) is 2.18. The van der Waals surface area contributed by atoms with E-state index in [9.17, 15) is 0 Å². The van der Waals surface area contributed by atoms with Crippen molar-refractivity contribution in [3.63, 3.8) is 0 Å². The van der Waals surface area contributed by atoms with Gasteiger partial charge >= 0.3 is 7.12 Å². The molecule has 1 aromatic heterocycles. The number of aryl methyl sites for hydroxylation is 1. The highest BCUT2D eigenvalue weighted by molar-refractivity contribution is 6.59. The van der Waals surface area contributed by atoms with E-state index in [1.807, 2.05) is 0 Å². The molecular weight excluding hydrogens is 197 g/mol. The highest BCUT2D eigenvalue weighted by Crippen LogP contribution is 2.05. The minimum atomic E-state index is -1.57. The van der Waals surface area contributed by atoms with Crippen LogP contribution in [0.5, 0.6) is 5.88 Å². The molecule has 0 saturated heterocycles. The molecule has 0 atom stereocenters. The van der Waals surface area contributed by atoms with Crippen LogP contribution in [-0.2, 0) is 4.74 Å². The van der Waals surface area contributed by atoms with Crippen LogP contribution in [0.3, 0.4) is 0 Å². The van der Waals surface area contributed by atoms with Crippen molar-refractivity contribution in [2.75, 3.05) is 20.3 Å². The van der Waals surface area contributed by atoms with Gasteiger partial charge < -0.3 is 19.5 Å². The summed E-state index contributed by atoms with van der Waals surface area (Å²) in [5, 5.41) is 18.1. The third-order valence-corrected chi connectivity index (χ3v) is 1.83. The van der Waals surface area contributed by atoms with Gasteiger partial charge in [0.25, 0.3) is 0 Å². The molecule has 15 heavy (non-hydrogen) atoms. The van der Waals surface area contributed by atoms with Crippen molar-refractivity contribution in [3.8, 4) is 5.88 Å². The van der Waals surface area contributed by atoms with E-state index in [1.54, 1.807) is 26.2 Å². The first kappa shape index (κ1) is 12.0. The average molecular weight is 211 g/mol. The van der Waals surface area contributed by atoms with Gasteiger partial charge in [-0.25, -0.2) is 4.98 Å². The molecule has 6 heteroatoms. The molecule has 1 aromatic rings. The van der Waals surface area contributed by atoms with Crippen LogP contribution in [0.1, 0.15) is 5.69 Å². The summed E-state index contributed by atoms with van der Waals surface area (Å²) in [6.45, 7) is 2.56. The van der Waals surface area contributed by atoms with Crippen LogP contribution in [-0.4, -0.2) is 42.5 Å². The second kappa shape index (κ2) is 5.70. The van der Waals surface area contributed by atoms with Gasteiger partial charge in [0.1, 0.15) is 6.61 Å². The normalized spacial score (nSPS) is 10.1. The predicted octanol–water partition coefficient (Wildman–Crippen LogP) is -0.905. The monoisotopic (exact) mass is 211 g/mol. The third kappa shape index (κ3) is 3.51. The topological polar surface area (TPSA) is 71.8 Å². The van der Waals surface area contributed by atoms with E-state index in [0.717, 1.165) is 5.69 Å². The molecule has 0 aliphatic heterocycles. The van der Waals surface area contributed by atoms with Gasteiger partial charge in [0.15, 0.2) is 0 Å². The fourth-order valence-electron chi connectivity index (χ4n) is 1.08. The molecule has 0 aliphatic rings. The highest BCUT2D eigenvalue weighted by atomic mass is 16.5. The molecule has 0 spiro atoms. The van der Waals surface area contributed by atoms with E-state index in [2.05, 4.69) is 4.98 Å². The van der Waals surface area contributed by atoms with Gasteiger partial charge in [0.2, 0.25) is 5.88 Å². The number of rotatable bonds is 5. The summed E-state index contributed by atoms with van der Waals surface area (Å²) < 4.78 is 10.1. The Bertz CT molecular complexity index is 319. The zero-order chi connectivity index (χ0) is 11.3. The summed E-state index contributed by atoms with van der Waals surface area (Å²) >= 11 is 0. The maximum absolute atomic E-state index is 9.06. The molecule has 1 rings (SSSR count). The minimum Gasteiger partial charge on any atom is -0.475 e. The van der Waals surface area contributed by atoms with Crippen molar-refractivity contribution in [2.24, 2.45) is 0 Å². The Morgan fingerprint density at radius 3 is 2.67 bits per heavy atom. The van der Waals surface area contributed by atoms with Crippen molar-refractivity contribution >= 4 is 12.6 Å². The first-order valence-corrected chi connectivity index (χ1v) is 4.60. The Kier molecular flexibility index (Phi) is 4.55. The zero-order valence-corrected chi connectivity index (χ0v) is 8.80. The lowest BCUT2D eigenvalue weighted by Crippen LogP contribution is -2.32. The van der Waals surface area contributed by atoms with Crippen molar-refractivity contribution < 1.29 is 19.5 Å². The van der Waals surface area contributed by atoms with Gasteiger partial charge in [0, 0.05) is 18.3 Å². The highest BCUT2D eigenvalue weighted by Gasteiger charge is 2.18. The number of ether oxygens (including phenoxy) is 2. The number of hydrogen-bond donors (Lipinski definition) is 2. The first-order valence-electron chi connectivity index (χ1n) is 4.60. The van der Waals surface area contributed by atoms with Crippen LogP contribution in [0.15, 0.2) is 12.1 Å². The molecule has 0 unspecified atom stereocenters. The Balaban J connectivity index is 2.77. The lowest BCUT2D eigenvalue weighted by molar-refractivity contribution is 0.144. The van der Waals surface area contributed by atoms with E-state index in [0.29, 0.717) is 13.2 Å². The Labute approximate surface area is 88.8 Å². The number of hydrogen-bond acceptors (Lipinski definition) is 5. The van der Waals surface area contributed by atoms with Crippen LogP contribution in [0.2, 0.25) is 0 Å². The van der Waals surface area contributed by atoms with Crippen molar-refractivity contribution in [1.29, 1.82) is 0 Å². The fourth-order valence-corrected chi connectivity index (χ4v) is 1.08. The van der Waals surface area contributed by atoms with Gasteiger partial charge in [0.05, 0.1) is 6.61 Å². The van der Waals surface area contributed by atoms with Crippen molar-refractivity contribution in [1.82, 2.24) is 4.98 Å². The van der Waals surface area contributed by atoms with E-state index in [4.69, 9.17) is 19.5 Å². The maximum Gasteiger partial charge on any atom is 0.494 e. The molecule has 2 N–H and O–H groups in total. The Morgan fingerprint density at radius 2 is 2.07 bits per heavy atom. The molecule has 0 amide bonds. The largest absolute Gasteiger partial charge is 0.494 e. The van der Waals surface area contributed by atoms with E-state index in [-0.39, 0.29) is 11.3 Å². The Morgan fingerprint density at radius 1 is 1.33 bits per heavy atom. The molecule has 5 nitrogen and oxygen atoms in total. The van der Waals surface area contributed by atoms with Gasteiger partial charge in [-0.15, -0.1) is 0 Å². The number of nitrogens with zero attached hydrogens (tertiary/aromatic N) is 1. The molecule has 0 aliphatic carbocycles. The SMILES string of the molecule is COCCOc1nc(C)ccc1B(O)O. The van der Waals surface area contributed by atoms with E-state index < -0.39 is 7.12 Å². The van der Waals surface area contributed by atoms with Crippen LogP contribution in [0.25, 0.3) is 0 Å². The smallest absolute Gasteiger partial charge is 0.475 e. The number of methoxy groups -OCH3 is 1. The standard InChI is InChI=1S/C9H14BNO4/c1-7-3-4-8(10(12)13)9(11-7)15-6-5-14-2/h3-4,12-13H,5-6H2,1-2H3. The molecule has 0 saturated carbocycles. The fraction of sp³-hybridized carbons (Fsp3) is 0.444. The van der Waals surface area contributed by atoms with Gasteiger partial charge in [-0.3, -0.25) is 0 Å². The molecule has 0 bridgehead atoms. The second-order valence-corrected chi connectivity index (χ2v) is 3.06. The molecular formula is C9H14BNO4. The number of pyridine rings is 1. The third-order valence-electron chi connectivity index (χ3n) is 1.83. The summed E-state index contributed by atoms with van der Waals surface area (Å²) in [7, 11) is -0.00916. The lowest BCUT2D eigenvalue weighted by Gasteiger charge is -2.10. The summed E-state index contributed by atoms with van der Waals surface area (Å²) in [5.74, 6) is 0.238. The van der Waals surface area contributed by atoms with Gasteiger partial charge in [-0.05, 0) is 13.0 Å². The van der Waals surface area contributed by atoms with Crippen LogP contribution in [0, 0.1) is 6.92 Å². The zero-order valence-electron chi connectivity index (χ0n) is 8.80. The van der Waals surface area contributed by atoms with Crippen molar-refractivity contribution in [3.05, 3.63) is 17.8 Å². The summed E-state index contributed by atoms with van der Waals surface area (Å²) in [6.07, 6.45) is 0. The van der Waals surface area contributed by atoms with Gasteiger partial charge in [-0.1, -0.05) is 6.07 Å². The van der Waals surface area contributed by atoms with Crippen LogP contribution in [0.4, 0.5) is 0 Å². The molecule has 1 heterocycles. The predicted molar refractivity (Wildman–Crippen MR) is 56.2 cm³/mol. The maximum atomic E-state index is 9.06. The molecule has 0 aromatic carbocycles. The summed E-state index contributed by atoms with van der Waals surface area (Å²) in [6, 6.07) is 3.27. The molecule has 82 valence electrons. The quantitative estimate of drug-likeness (QED) is 0.487. The van der Waals surface area contributed by atoms with Crippen LogP contribution < -0.4 is 10.2 Å². The lowest BCUT2D eigenvalue weighted by atomic mass is 9.81. The minimum absolute atomic E-state index is 0.238. The van der Waals surface area contributed by atoms with Crippen molar-refractivity contribution in [2.45, 2.75) is 6.92 Å². The first-order chi connectivity index (χ1) is 7.15. The summed E-state index contributed by atoms with van der Waals surface area (Å²) in [5.41, 5.74) is 1.02. The molecule has 0 radical (unpaired) electrons. The Hall–Kier alpha value is -1.11. The van der Waals surface area contributed by atoms with E-state index >= 15 is 0 Å². The summed E-state index contributed by atoms with van der Waals surface area (Å²) in [4.78, 5) is 4.07. The molecule has 0 fully saturated rings. The van der Waals surface area contributed by atoms with E-state index in [1.165, 1.54) is 0 Å². The van der Waals surface area contributed by atoms with Crippen LogP contribution >= 0.6 is 0 Å².